The lowest BCUT2D eigenvalue weighted by atomic mass is 10.2. The van der Waals surface area contributed by atoms with E-state index in [-0.39, 0.29) is 18.4 Å². The lowest BCUT2D eigenvalue weighted by Gasteiger charge is -2.07. The molecule has 0 aliphatic heterocycles. The van der Waals surface area contributed by atoms with E-state index in [9.17, 15) is 9.59 Å². The molecule has 1 amide bonds. The van der Waals surface area contributed by atoms with E-state index in [1.54, 1.807) is 29.7 Å². The highest BCUT2D eigenvalue weighted by molar-refractivity contribution is 7.99. The summed E-state index contributed by atoms with van der Waals surface area (Å²) in [6, 6.07) is 15.2. The quantitative estimate of drug-likeness (QED) is 0.274. The van der Waals surface area contributed by atoms with E-state index in [4.69, 9.17) is 10.5 Å². The Kier molecular flexibility index (Phi) is 7.20. The van der Waals surface area contributed by atoms with Crippen LogP contribution in [0.4, 0.5) is 11.1 Å². The molecule has 33 heavy (non-hydrogen) atoms. The smallest absolute Gasteiger partial charge is 0.338 e. The number of carbonyl (C=O) groups is 2. The molecule has 2 aromatic carbocycles. The van der Waals surface area contributed by atoms with Crippen LogP contribution in [0, 0.1) is 0 Å². The van der Waals surface area contributed by atoms with E-state index in [0.29, 0.717) is 28.0 Å². The first-order valence-corrected chi connectivity index (χ1v) is 12.1. The molecule has 0 saturated carbocycles. The van der Waals surface area contributed by atoms with Crippen LogP contribution in [0.5, 0.6) is 0 Å². The minimum atomic E-state index is -0.390. The van der Waals surface area contributed by atoms with Gasteiger partial charge in [0.15, 0.2) is 10.3 Å². The fraction of sp³-hybridized carbons (Fsp3) is 0.227. The average Bonchev–Trinajstić information content (AvgIpc) is 3.37. The molecule has 0 fully saturated rings. The minimum Gasteiger partial charge on any atom is -0.462 e. The number of ether oxygens (including phenoxy) is 1. The maximum atomic E-state index is 12.7. The topological polar surface area (TPSA) is 125 Å². The van der Waals surface area contributed by atoms with Crippen molar-refractivity contribution in [1.82, 2.24) is 19.7 Å². The summed E-state index contributed by atoms with van der Waals surface area (Å²) in [6.07, 6.45) is 0.865. The summed E-state index contributed by atoms with van der Waals surface area (Å²) in [4.78, 5) is 29.0. The lowest BCUT2D eigenvalue weighted by molar-refractivity contribution is -0.116. The van der Waals surface area contributed by atoms with Crippen LogP contribution in [0.3, 0.4) is 0 Å². The SMILES string of the molecule is CCOC(=O)c1ccc2nc(NC(=O)Cn3c(N)nnc3SCCc3ccccc3)sc2c1. The average molecular weight is 483 g/mol. The number of amides is 1. The summed E-state index contributed by atoms with van der Waals surface area (Å²) >= 11 is 2.78. The number of fused-ring (bicyclic) bond motifs is 1. The number of hydrogen-bond acceptors (Lipinski definition) is 9. The monoisotopic (exact) mass is 482 g/mol. The van der Waals surface area contributed by atoms with Crippen LogP contribution < -0.4 is 11.1 Å². The van der Waals surface area contributed by atoms with Gasteiger partial charge in [-0.2, -0.15) is 0 Å². The van der Waals surface area contributed by atoms with E-state index in [1.807, 2.05) is 18.2 Å². The van der Waals surface area contributed by atoms with Crippen LogP contribution in [0.15, 0.2) is 53.7 Å². The zero-order chi connectivity index (χ0) is 23.2. The Bertz CT molecular complexity index is 1270. The molecule has 0 spiro atoms. The fourth-order valence-electron chi connectivity index (χ4n) is 3.08. The van der Waals surface area contributed by atoms with E-state index in [0.717, 1.165) is 16.9 Å². The number of anilines is 2. The number of nitrogens with one attached hydrogen (secondary N) is 1. The van der Waals surface area contributed by atoms with Gasteiger partial charge in [-0.3, -0.25) is 9.36 Å². The van der Waals surface area contributed by atoms with E-state index < -0.39 is 5.97 Å². The van der Waals surface area contributed by atoms with Crippen LogP contribution in [0.1, 0.15) is 22.8 Å². The maximum absolute atomic E-state index is 12.7. The molecule has 3 N–H and O–H groups in total. The number of nitrogens with zero attached hydrogens (tertiary/aromatic N) is 4. The number of nitrogens with two attached hydrogens (primary N) is 1. The molecule has 0 saturated heterocycles. The molecule has 0 bridgehead atoms. The normalized spacial score (nSPS) is 10.9. The second-order valence-corrected chi connectivity index (χ2v) is 9.07. The van der Waals surface area contributed by atoms with Crippen molar-refractivity contribution >= 4 is 56.3 Å². The van der Waals surface area contributed by atoms with Crippen molar-refractivity contribution < 1.29 is 14.3 Å². The molecule has 0 aliphatic rings. The Hall–Kier alpha value is -3.44. The van der Waals surface area contributed by atoms with Crippen LogP contribution in [-0.2, 0) is 22.5 Å². The number of esters is 1. The summed E-state index contributed by atoms with van der Waals surface area (Å²) in [7, 11) is 0. The first-order valence-electron chi connectivity index (χ1n) is 10.3. The Morgan fingerprint density at radius 3 is 2.79 bits per heavy atom. The van der Waals surface area contributed by atoms with Gasteiger partial charge in [-0.25, -0.2) is 9.78 Å². The van der Waals surface area contributed by atoms with Gasteiger partial charge in [0.05, 0.1) is 22.4 Å². The predicted octanol–water partition coefficient (Wildman–Crippen LogP) is 3.62. The third-order valence-electron chi connectivity index (χ3n) is 4.66. The third kappa shape index (κ3) is 5.68. The molecule has 0 aliphatic carbocycles. The number of aryl methyl sites for hydroxylation is 1. The second-order valence-electron chi connectivity index (χ2n) is 6.98. The van der Waals surface area contributed by atoms with Crippen LogP contribution in [0.2, 0.25) is 0 Å². The molecule has 2 aromatic heterocycles. The number of aromatic nitrogens is 4. The summed E-state index contributed by atoms with van der Waals surface area (Å²) < 4.78 is 7.38. The first-order chi connectivity index (χ1) is 16.0. The van der Waals surface area contributed by atoms with Gasteiger partial charge in [-0.1, -0.05) is 53.4 Å². The van der Waals surface area contributed by atoms with Crippen molar-refractivity contribution in [2.24, 2.45) is 0 Å². The molecular weight excluding hydrogens is 460 g/mol. The van der Waals surface area contributed by atoms with E-state index in [2.05, 4.69) is 32.6 Å². The second kappa shape index (κ2) is 10.5. The Morgan fingerprint density at radius 1 is 1.18 bits per heavy atom. The highest BCUT2D eigenvalue weighted by atomic mass is 32.2. The Balaban J connectivity index is 1.39. The van der Waals surface area contributed by atoms with Gasteiger partial charge in [0, 0.05) is 5.75 Å². The highest BCUT2D eigenvalue weighted by Crippen LogP contribution is 2.27. The number of thioether (sulfide) groups is 1. The lowest BCUT2D eigenvalue weighted by Crippen LogP contribution is -2.20. The zero-order valence-electron chi connectivity index (χ0n) is 17.9. The van der Waals surface area contributed by atoms with Gasteiger partial charge < -0.3 is 15.8 Å². The van der Waals surface area contributed by atoms with E-state index in [1.165, 1.54) is 28.7 Å². The summed E-state index contributed by atoms with van der Waals surface area (Å²) in [5, 5.41) is 11.8. The van der Waals surface area contributed by atoms with Crippen LogP contribution in [0.25, 0.3) is 10.2 Å². The number of rotatable bonds is 9. The first kappa shape index (κ1) is 22.7. The summed E-state index contributed by atoms with van der Waals surface area (Å²) in [6.45, 7) is 2.03. The number of benzene rings is 2. The van der Waals surface area contributed by atoms with Crippen molar-refractivity contribution in [3.05, 3.63) is 59.7 Å². The molecule has 4 aromatic rings. The standard InChI is InChI=1S/C22H22N6O3S2/c1-2-31-19(30)15-8-9-16-17(12-15)33-21(24-16)25-18(29)13-28-20(23)26-27-22(28)32-11-10-14-6-4-3-5-7-14/h3-9,12H,2,10-11,13H2,1H3,(H2,23,26)(H,24,25,29). The molecule has 0 radical (unpaired) electrons. The molecule has 4 rings (SSSR count). The van der Waals surface area contributed by atoms with Gasteiger partial charge in [-0.05, 0) is 37.1 Å². The van der Waals surface area contributed by atoms with Crippen molar-refractivity contribution in [3.8, 4) is 0 Å². The van der Waals surface area contributed by atoms with Crippen molar-refractivity contribution in [2.75, 3.05) is 23.4 Å². The van der Waals surface area contributed by atoms with Crippen LogP contribution >= 0.6 is 23.1 Å². The Morgan fingerprint density at radius 2 is 2.00 bits per heavy atom. The number of hydrogen-bond donors (Lipinski definition) is 2. The number of carbonyl (C=O) groups excluding carboxylic acids is 2. The zero-order valence-corrected chi connectivity index (χ0v) is 19.5. The Labute approximate surface area is 198 Å². The molecule has 170 valence electrons. The van der Waals surface area contributed by atoms with E-state index >= 15 is 0 Å². The molecule has 9 nitrogen and oxygen atoms in total. The minimum absolute atomic E-state index is 0.0312. The summed E-state index contributed by atoms with van der Waals surface area (Å²) in [5.41, 5.74) is 8.29. The van der Waals surface area contributed by atoms with Crippen LogP contribution in [-0.4, -0.2) is 44.0 Å². The predicted molar refractivity (Wildman–Crippen MR) is 130 cm³/mol. The molecular formula is C22H22N6O3S2. The number of nitrogen functional groups attached to an aromatic ring is 1. The largest absolute Gasteiger partial charge is 0.462 e. The van der Waals surface area contributed by atoms with Gasteiger partial charge in [0.2, 0.25) is 11.9 Å². The maximum Gasteiger partial charge on any atom is 0.338 e. The fourth-order valence-corrected chi connectivity index (χ4v) is 4.94. The number of thiazole rings is 1. The van der Waals surface area contributed by atoms with Crippen molar-refractivity contribution in [3.63, 3.8) is 0 Å². The molecule has 2 heterocycles. The third-order valence-corrected chi connectivity index (χ3v) is 6.56. The van der Waals surface area contributed by atoms with Gasteiger partial charge in [0.25, 0.3) is 0 Å². The van der Waals surface area contributed by atoms with Crippen molar-refractivity contribution in [1.29, 1.82) is 0 Å². The molecule has 11 heteroatoms. The highest BCUT2D eigenvalue weighted by Gasteiger charge is 2.16. The van der Waals surface area contributed by atoms with Gasteiger partial charge >= 0.3 is 5.97 Å². The van der Waals surface area contributed by atoms with Gasteiger partial charge in [-0.15, -0.1) is 10.2 Å². The van der Waals surface area contributed by atoms with Crippen molar-refractivity contribution in [2.45, 2.75) is 25.0 Å². The summed E-state index contributed by atoms with van der Waals surface area (Å²) in [5.74, 6) is 0.273. The molecule has 0 unspecified atom stereocenters. The molecule has 0 atom stereocenters. The van der Waals surface area contributed by atoms with Gasteiger partial charge in [0.1, 0.15) is 6.54 Å².